The third-order valence-corrected chi connectivity index (χ3v) is 4.66. The number of benzene rings is 1. The summed E-state index contributed by atoms with van der Waals surface area (Å²) in [7, 11) is 0. The van der Waals surface area contributed by atoms with E-state index in [-0.39, 0.29) is 5.92 Å². The molecule has 0 aliphatic rings. The molecule has 1 rings (SSSR count). The summed E-state index contributed by atoms with van der Waals surface area (Å²) in [6, 6.07) is 5.99. The van der Waals surface area contributed by atoms with Crippen molar-refractivity contribution < 1.29 is 29.4 Å². The number of carboxylic acids is 1. The molecular formula is C20H30N4O6. The Morgan fingerprint density at radius 1 is 1.03 bits per heavy atom. The number of nitrogens with one attached hydrogen (secondary N) is 3. The Labute approximate surface area is 175 Å². The van der Waals surface area contributed by atoms with Crippen LogP contribution in [0, 0.1) is 5.92 Å². The average molecular weight is 422 g/mol. The minimum Gasteiger partial charge on any atom is -0.480 e. The highest BCUT2D eigenvalue weighted by molar-refractivity contribution is 5.93. The van der Waals surface area contributed by atoms with E-state index in [0.717, 1.165) is 5.56 Å². The van der Waals surface area contributed by atoms with Gasteiger partial charge in [-0.2, -0.15) is 0 Å². The highest BCUT2D eigenvalue weighted by Gasteiger charge is 2.31. The highest BCUT2D eigenvalue weighted by Crippen LogP contribution is 2.10. The summed E-state index contributed by atoms with van der Waals surface area (Å²) in [4.78, 5) is 47.8. The maximum absolute atomic E-state index is 12.7. The number of aliphatic carboxylic acids is 1. The van der Waals surface area contributed by atoms with Gasteiger partial charge in [0.2, 0.25) is 17.7 Å². The maximum atomic E-state index is 12.7. The van der Waals surface area contributed by atoms with E-state index in [1.165, 1.54) is 0 Å². The Bertz CT molecular complexity index is 727. The SMILES string of the molecule is CCC(C)C(NC(=O)C(N)Cc1ccccc1)C(=O)NC(CO)C(=O)NCC(=O)O. The molecule has 30 heavy (non-hydrogen) atoms. The van der Waals surface area contributed by atoms with Crippen molar-refractivity contribution in [3.8, 4) is 0 Å². The number of aliphatic hydroxyl groups is 1. The van der Waals surface area contributed by atoms with E-state index in [9.17, 15) is 24.3 Å². The second kappa shape index (κ2) is 12.6. The molecular weight excluding hydrogens is 392 g/mol. The van der Waals surface area contributed by atoms with E-state index in [2.05, 4.69) is 16.0 Å². The van der Waals surface area contributed by atoms with Crippen LogP contribution in [0.3, 0.4) is 0 Å². The van der Waals surface area contributed by atoms with Gasteiger partial charge in [0.1, 0.15) is 18.6 Å². The molecule has 0 aliphatic heterocycles. The first-order chi connectivity index (χ1) is 14.2. The molecule has 0 saturated carbocycles. The molecule has 0 saturated heterocycles. The number of nitrogens with two attached hydrogens (primary N) is 1. The van der Waals surface area contributed by atoms with Crippen molar-refractivity contribution >= 4 is 23.7 Å². The van der Waals surface area contributed by atoms with Crippen LogP contribution in [-0.4, -0.2) is 65.2 Å². The normalized spacial score (nSPS) is 14.7. The van der Waals surface area contributed by atoms with E-state index < -0.39 is 55.0 Å². The number of hydrogen-bond donors (Lipinski definition) is 6. The fourth-order valence-corrected chi connectivity index (χ4v) is 2.66. The Morgan fingerprint density at radius 2 is 1.67 bits per heavy atom. The lowest BCUT2D eigenvalue weighted by Crippen LogP contribution is -2.58. The van der Waals surface area contributed by atoms with Crippen LogP contribution in [0.4, 0.5) is 0 Å². The third kappa shape index (κ3) is 8.18. The molecule has 0 heterocycles. The number of carbonyl (C=O) groups is 4. The number of aliphatic hydroxyl groups excluding tert-OH is 1. The fraction of sp³-hybridized carbons (Fsp3) is 0.500. The first kappa shape index (κ1) is 25.1. The Balaban J connectivity index is 2.79. The van der Waals surface area contributed by atoms with Crippen molar-refractivity contribution in [2.45, 2.75) is 44.8 Å². The molecule has 10 heteroatoms. The van der Waals surface area contributed by atoms with Gasteiger partial charge in [-0.25, -0.2) is 0 Å². The number of rotatable bonds is 12. The predicted octanol–water partition coefficient (Wildman–Crippen LogP) is -1.23. The van der Waals surface area contributed by atoms with Crippen LogP contribution < -0.4 is 21.7 Å². The molecule has 0 aromatic heterocycles. The molecule has 1 aromatic rings. The molecule has 3 amide bonds. The van der Waals surface area contributed by atoms with Crippen LogP contribution in [0.25, 0.3) is 0 Å². The molecule has 0 aliphatic carbocycles. The summed E-state index contributed by atoms with van der Waals surface area (Å²) < 4.78 is 0. The molecule has 0 radical (unpaired) electrons. The zero-order chi connectivity index (χ0) is 22.7. The van der Waals surface area contributed by atoms with E-state index in [0.29, 0.717) is 12.8 Å². The minimum absolute atomic E-state index is 0.278. The topological polar surface area (TPSA) is 171 Å². The number of hydrogen-bond acceptors (Lipinski definition) is 6. The number of carboxylic acid groups (broad SMARTS) is 1. The van der Waals surface area contributed by atoms with Crippen LogP contribution in [-0.2, 0) is 25.6 Å². The van der Waals surface area contributed by atoms with Crippen molar-refractivity contribution in [3.05, 3.63) is 35.9 Å². The monoisotopic (exact) mass is 422 g/mol. The molecule has 166 valence electrons. The van der Waals surface area contributed by atoms with Crippen LogP contribution >= 0.6 is 0 Å². The Morgan fingerprint density at radius 3 is 2.20 bits per heavy atom. The smallest absolute Gasteiger partial charge is 0.322 e. The molecule has 7 N–H and O–H groups in total. The zero-order valence-electron chi connectivity index (χ0n) is 17.1. The van der Waals surface area contributed by atoms with Gasteiger partial charge >= 0.3 is 5.97 Å². The summed E-state index contributed by atoms with van der Waals surface area (Å²) >= 11 is 0. The highest BCUT2D eigenvalue weighted by atomic mass is 16.4. The first-order valence-corrected chi connectivity index (χ1v) is 9.70. The summed E-state index contributed by atoms with van der Waals surface area (Å²) in [5, 5.41) is 25.1. The van der Waals surface area contributed by atoms with E-state index in [1.54, 1.807) is 6.92 Å². The Hall–Kier alpha value is -2.98. The van der Waals surface area contributed by atoms with Crippen molar-refractivity contribution in [2.75, 3.05) is 13.2 Å². The van der Waals surface area contributed by atoms with Crippen molar-refractivity contribution in [1.82, 2.24) is 16.0 Å². The quantitative estimate of drug-likeness (QED) is 0.245. The van der Waals surface area contributed by atoms with E-state index in [4.69, 9.17) is 10.8 Å². The van der Waals surface area contributed by atoms with Crippen LogP contribution in [0.2, 0.25) is 0 Å². The second-order valence-corrected chi connectivity index (χ2v) is 7.02. The predicted molar refractivity (Wildman–Crippen MR) is 109 cm³/mol. The lowest BCUT2D eigenvalue weighted by Gasteiger charge is -2.27. The van der Waals surface area contributed by atoms with Crippen molar-refractivity contribution in [2.24, 2.45) is 11.7 Å². The summed E-state index contributed by atoms with van der Waals surface area (Å²) in [6.45, 7) is 2.22. The summed E-state index contributed by atoms with van der Waals surface area (Å²) in [6.07, 6.45) is 0.847. The largest absolute Gasteiger partial charge is 0.480 e. The van der Waals surface area contributed by atoms with Crippen molar-refractivity contribution in [1.29, 1.82) is 0 Å². The summed E-state index contributed by atoms with van der Waals surface area (Å²) in [5.41, 5.74) is 6.85. The fourth-order valence-electron chi connectivity index (χ4n) is 2.66. The number of carbonyl (C=O) groups excluding carboxylic acids is 3. The van der Waals surface area contributed by atoms with Gasteiger partial charge in [0, 0.05) is 0 Å². The van der Waals surface area contributed by atoms with Gasteiger partial charge in [0.25, 0.3) is 0 Å². The Kier molecular flexibility index (Phi) is 10.5. The van der Waals surface area contributed by atoms with Gasteiger partial charge in [-0.1, -0.05) is 50.6 Å². The van der Waals surface area contributed by atoms with Crippen LogP contribution in [0.15, 0.2) is 30.3 Å². The van der Waals surface area contributed by atoms with Gasteiger partial charge in [0.05, 0.1) is 12.6 Å². The zero-order valence-corrected chi connectivity index (χ0v) is 17.1. The van der Waals surface area contributed by atoms with Crippen LogP contribution in [0.1, 0.15) is 25.8 Å². The van der Waals surface area contributed by atoms with Crippen LogP contribution in [0.5, 0.6) is 0 Å². The maximum Gasteiger partial charge on any atom is 0.322 e. The average Bonchev–Trinajstić information content (AvgIpc) is 2.73. The standard InChI is InChI=1S/C20H30N4O6/c1-3-12(2)17(20(30)23-15(11-25)19(29)22-10-16(26)27)24-18(28)14(21)9-13-7-5-4-6-8-13/h4-8,12,14-15,17,25H,3,9-11,21H2,1-2H3,(H,22,29)(H,23,30)(H,24,28)(H,26,27). The van der Waals surface area contributed by atoms with Gasteiger partial charge < -0.3 is 31.9 Å². The molecule has 4 unspecified atom stereocenters. The molecule has 10 nitrogen and oxygen atoms in total. The van der Waals surface area contributed by atoms with Gasteiger partial charge in [-0.05, 0) is 17.9 Å². The molecule has 0 fully saturated rings. The van der Waals surface area contributed by atoms with E-state index >= 15 is 0 Å². The number of amides is 3. The molecule has 4 atom stereocenters. The first-order valence-electron chi connectivity index (χ1n) is 9.70. The molecule has 1 aromatic carbocycles. The lowest BCUT2D eigenvalue weighted by atomic mass is 9.97. The minimum atomic E-state index is -1.35. The van der Waals surface area contributed by atoms with Gasteiger partial charge in [0.15, 0.2) is 0 Å². The van der Waals surface area contributed by atoms with Crippen molar-refractivity contribution in [3.63, 3.8) is 0 Å². The summed E-state index contributed by atoms with van der Waals surface area (Å²) in [5.74, 6) is -3.57. The molecule has 0 bridgehead atoms. The van der Waals surface area contributed by atoms with Gasteiger partial charge in [-0.15, -0.1) is 0 Å². The molecule has 0 spiro atoms. The third-order valence-electron chi connectivity index (χ3n) is 4.66. The van der Waals surface area contributed by atoms with E-state index in [1.807, 2.05) is 37.3 Å². The van der Waals surface area contributed by atoms with Gasteiger partial charge in [-0.3, -0.25) is 19.2 Å². The lowest BCUT2D eigenvalue weighted by molar-refractivity contribution is -0.139. The second-order valence-electron chi connectivity index (χ2n) is 7.02.